The van der Waals surface area contributed by atoms with Gasteiger partial charge in [0.1, 0.15) is 17.1 Å². The van der Waals surface area contributed by atoms with Crippen LogP contribution in [0.1, 0.15) is 29.3 Å². The van der Waals surface area contributed by atoms with E-state index in [0.29, 0.717) is 5.69 Å². The van der Waals surface area contributed by atoms with E-state index in [2.05, 4.69) is 10.7 Å². The molecule has 10 nitrogen and oxygen atoms in total. The molecule has 180 valence electrons. The van der Waals surface area contributed by atoms with Gasteiger partial charge in [-0.3, -0.25) is 29.6 Å². The van der Waals surface area contributed by atoms with Crippen LogP contribution in [-0.4, -0.2) is 56.1 Å². The third-order valence-electron chi connectivity index (χ3n) is 5.34. The van der Waals surface area contributed by atoms with Gasteiger partial charge in [-0.15, -0.1) is 0 Å². The van der Waals surface area contributed by atoms with Crippen LogP contribution in [0.4, 0.5) is 5.69 Å². The lowest BCUT2D eigenvalue weighted by Crippen LogP contribution is -2.43. The number of anilines is 1. The van der Waals surface area contributed by atoms with Gasteiger partial charge >= 0.3 is 5.97 Å². The topological polar surface area (TPSA) is 123 Å². The van der Waals surface area contributed by atoms with Gasteiger partial charge in [0.2, 0.25) is 5.91 Å². The number of ether oxygens (including phenoxy) is 3. The highest BCUT2D eigenvalue weighted by Gasteiger charge is 2.37. The molecule has 0 unspecified atom stereocenters. The summed E-state index contributed by atoms with van der Waals surface area (Å²) < 4.78 is 15.5. The van der Waals surface area contributed by atoms with E-state index in [0.717, 1.165) is 17.0 Å². The van der Waals surface area contributed by atoms with E-state index in [1.807, 2.05) is 19.1 Å². The van der Waals surface area contributed by atoms with Gasteiger partial charge in [-0.25, -0.2) is 0 Å². The number of rotatable bonds is 9. The molecule has 1 atom stereocenters. The molecule has 2 aromatic rings. The van der Waals surface area contributed by atoms with E-state index < -0.39 is 36.2 Å². The maximum absolute atomic E-state index is 12.8. The molecule has 34 heavy (non-hydrogen) atoms. The third-order valence-corrected chi connectivity index (χ3v) is 5.34. The number of hydrogen-bond acceptors (Lipinski definition) is 7. The Morgan fingerprint density at radius 3 is 2.26 bits per heavy atom. The SMILES string of the molecule is CCc1ccc(NC(=O)COC(=O)[C@H]2CC(=O)N(NC(=O)c3c(OC)cccc3OC)C2)cc1. The minimum Gasteiger partial charge on any atom is -0.496 e. The Morgan fingerprint density at radius 1 is 1.03 bits per heavy atom. The quantitative estimate of drug-likeness (QED) is 0.538. The van der Waals surface area contributed by atoms with Gasteiger partial charge in [-0.1, -0.05) is 25.1 Å². The van der Waals surface area contributed by atoms with E-state index in [4.69, 9.17) is 14.2 Å². The van der Waals surface area contributed by atoms with Crippen LogP contribution in [0.3, 0.4) is 0 Å². The Hall–Kier alpha value is -4.08. The maximum Gasteiger partial charge on any atom is 0.311 e. The molecule has 0 spiro atoms. The van der Waals surface area contributed by atoms with Crippen molar-refractivity contribution in [1.29, 1.82) is 0 Å². The highest BCUT2D eigenvalue weighted by atomic mass is 16.5. The summed E-state index contributed by atoms with van der Waals surface area (Å²) in [6, 6.07) is 12.2. The molecule has 1 saturated heterocycles. The molecule has 0 radical (unpaired) electrons. The molecule has 0 saturated carbocycles. The van der Waals surface area contributed by atoms with Gasteiger partial charge in [-0.05, 0) is 36.2 Å². The number of carbonyl (C=O) groups is 4. The van der Waals surface area contributed by atoms with Crippen LogP contribution in [-0.2, 0) is 25.5 Å². The predicted molar refractivity (Wildman–Crippen MR) is 122 cm³/mol. The van der Waals surface area contributed by atoms with Crippen molar-refractivity contribution in [3.8, 4) is 11.5 Å². The minimum absolute atomic E-state index is 0.0824. The number of carbonyl (C=O) groups excluding carboxylic acids is 4. The molecule has 1 fully saturated rings. The summed E-state index contributed by atoms with van der Waals surface area (Å²) in [6.07, 6.45) is 0.734. The van der Waals surface area contributed by atoms with Crippen molar-refractivity contribution in [2.45, 2.75) is 19.8 Å². The van der Waals surface area contributed by atoms with Crippen molar-refractivity contribution in [2.24, 2.45) is 5.92 Å². The Kier molecular flexibility index (Phi) is 8.07. The van der Waals surface area contributed by atoms with E-state index >= 15 is 0 Å². The minimum atomic E-state index is -0.816. The molecule has 2 N–H and O–H groups in total. The maximum atomic E-state index is 12.8. The molecule has 3 amide bonds. The molecule has 2 aromatic carbocycles. The Bertz CT molecular complexity index is 1050. The van der Waals surface area contributed by atoms with Crippen LogP contribution < -0.4 is 20.2 Å². The van der Waals surface area contributed by atoms with Crippen LogP contribution in [0.15, 0.2) is 42.5 Å². The van der Waals surface area contributed by atoms with Crippen molar-refractivity contribution in [2.75, 3.05) is 32.7 Å². The van der Waals surface area contributed by atoms with Crippen LogP contribution in [0, 0.1) is 5.92 Å². The van der Waals surface area contributed by atoms with Crippen molar-refractivity contribution < 1.29 is 33.4 Å². The number of hydrogen-bond donors (Lipinski definition) is 2. The van der Waals surface area contributed by atoms with E-state index in [1.54, 1.807) is 30.3 Å². The van der Waals surface area contributed by atoms with Crippen LogP contribution in [0.5, 0.6) is 11.5 Å². The van der Waals surface area contributed by atoms with Crippen molar-refractivity contribution in [3.63, 3.8) is 0 Å². The first-order valence-corrected chi connectivity index (χ1v) is 10.7. The second-order valence-electron chi connectivity index (χ2n) is 7.59. The Labute approximate surface area is 197 Å². The molecule has 0 aliphatic carbocycles. The van der Waals surface area contributed by atoms with Gasteiger partial charge in [0.05, 0.1) is 26.7 Å². The summed E-state index contributed by atoms with van der Waals surface area (Å²) in [5.74, 6) is -2.53. The van der Waals surface area contributed by atoms with Gasteiger partial charge in [0, 0.05) is 12.1 Å². The molecule has 1 heterocycles. The number of methoxy groups -OCH3 is 2. The lowest BCUT2D eigenvalue weighted by Gasteiger charge is -2.19. The molecule has 1 aliphatic rings. The Balaban J connectivity index is 1.53. The largest absolute Gasteiger partial charge is 0.496 e. The van der Waals surface area contributed by atoms with Crippen molar-refractivity contribution >= 4 is 29.4 Å². The lowest BCUT2D eigenvalue weighted by molar-refractivity contribution is -0.151. The molecule has 3 rings (SSSR count). The molecule has 1 aliphatic heterocycles. The summed E-state index contributed by atoms with van der Waals surface area (Å²) in [5.41, 5.74) is 4.33. The average molecular weight is 469 g/mol. The second-order valence-corrected chi connectivity index (χ2v) is 7.59. The average Bonchev–Trinajstić information content (AvgIpc) is 3.22. The number of aryl methyl sites for hydroxylation is 1. The first-order valence-electron chi connectivity index (χ1n) is 10.7. The van der Waals surface area contributed by atoms with Crippen LogP contribution in [0.25, 0.3) is 0 Å². The third kappa shape index (κ3) is 5.83. The summed E-state index contributed by atoms with van der Waals surface area (Å²) in [7, 11) is 2.82. The smallest absolute Gasteiger partial charge is 0.311 e. The first kappa shape index (κ1) is 24.6. The van der Waals surface area contributed by atoms with E-state index in [9.17, 15) is 19.2 Å². The lowest BCUT2D eigenvalue weighted by atomic mass is 10.1. The fraction of sp³-hybridized carbons (Fsp3) is 0.333. The number of amides is 3. The van der Waals surface area contributed by atoms with Gasteiger partial charge < -0.3 is 19.5 Å². The van der Waals surface area contributed by atoms with Gasteiger partial charge in [0.15, 0.2) is 6.61 Å². The van der Waals surface area contributed by atoms with Crippen LogP contribution >= 0.6 is 0 Å². The van der Waals surface area contributed by atoms with Crippen molar-refractivity contribution in [1.82, 2.24) is 10.4 Å². The summed E-state index contributed by atoms with van der Waals surface area (Å²) in [6.45, 7) is 1.47. The number of esters is 1. The molecular weight excluding hydrogens is 442 g/mol. The van der Waals surface area contributed by atoms with E-state index in [-0.39, 0.29) is 30.0 Å². The molecule has 0 aromatic heterocycles. The monoisotopic (exact) mass is 469 g/mol. The number of hydrazine groups is 1. The number of nitrogens with zero attached hydrogens (tertiary/aromatic N) is 1. The summed E-state index contributed by atoms with van der Waals surface area (Å²) in [4.78, 5) is 49.6. The zero-order valence-electron chi connectivity index (χ0n) is 19.3. The first-order chi connectivity index (χ1) is 16.4. The van der Waals surface area contributed by atoms with Crippen molar-refractivity contribution in [3.05, 3.63) is 53.6 Å². The highest BCUT2D eigenvalue weighted by molar-refractivity contribution is 6.01. The highest BCUT2D eigenvalue weighted by Crippen LogP contribution is 2.28. The predicted octanol–water partition coefficient (Wildman–Crippen LogP) is 1.94. The fourth-order valence-corrected chi connectivity index (χ4v) is 3.50. The summed E-state index contributed by atoms with van der Waals surface area (Å²) >= 11 is 0. The summed E-state index contributed by atoms with van der Waals surface area (Å²) in [5, 5.41) is 3.70. The van der Waals surface area contributed by atoms with Gasteiger partial charge in [0.25, 0.3) is 11.8 Å². The molecule has 10 heteroatoms. The van der Waals surface area contributed by atoms with E-state index in [1.165, 1.54) is 14.2 Å². The molecular formula is C24H27N3O7. The second kappa shape index (κ2) is 11.2. The normalized spacial score (nSPS) is 15.0. The van der Waals surface area contributed by atoms with Crippen LogP contribution in [0.2, 0.25) is 0 Å². The zero-order chi connectivity index (χ0) is 24.7. The standard InChI is InChI=1S/C24H27N3O7/c1-4-15-8-10-17(11-9-15)25-20(28)14-34-24(31)16-12-21(29)27(13-16)26-23(30)22-18(32-2)6-5-7-19(22)33-3/h5-11,16H,4,12-14H2,1-3H3,(H,25,28)(H,26,30)/t16-/m0/s1. The van der Waals surface area contributed by atoms with Gasteiger partial charge in [-0.2, -0.15) is 0 Å². The number of nitrogens with one attached hydrogen (secondary N) is 2. The Morgan fingerprint density at radius 2 is 1.68 bits per heavy atom. The number of benzene rings is 2. The zero-order valence-corrected chi connectivity index (χ0v) is 19.3. The fourth-order valence-electron chi connectivity index (χ4n) is 3.50. The molecule has 0 bridgehead atoms.